The van der Waals surface area contributed by atoms with Crippen molar-refractivity contribution in [1.82, 2.24) is 0 Å². The van der Waals surface area contributed by atoms with Crippen LogP contribution in [0, 0.1) is 5.92 Å². The molecule has 0 spiro atoms. The van der Waals surface area contributed by atoms with E-state index in [1.807, 2.05) is 0 Å². The van der Waals surface area contributed by atoms with E-state index in [1.165, 1.54) is 0 Å². The Hall–Kier alpha value is -0.570. The smallest absolute Gasteiger partial charge is 0.309 e. The number of carboxylic acids is 1. The Morgan fingerprint density at radius 1 is 1.50 bits per heavy atom. The Balaban J connectivity index is 2.08. The number of hydrogen-bond donors (Lipinski definition) is 1. The zero-order valence-electron chi connectivity index (χ0n) is 5.62. The third-order valence-electron chi connectivity index (χ3n) is 2.42. The van der Waals surface area contributed by atoms with Gasteiger partial charge in [0, 0.05) is 0 Å². The van der Waals surface area contributed by atoms with Gasteiger partial charge in [-0.3, -0.25) is 4.79 Å². The molecule has 2 rings (SSSR count). The van der Waals surface area contributed by atoms with Crippen LogP contribution >= 0.6 is 0 Å². The van der Waals surface area contributed by atoms with Crippen LogP contribution in [0.3, 0.4) is 0 Å². The normalized spacial score (nSPS) is 44.2. The number of aliphatic carboxylic acids is 1. The van der Waals surface area contributed by atoms with Gasteiger partial charge in [0.15, 0.2) is 0 Å². The SMILES string of the molecule is O=C(O)[C@@H]1CC2CCC1O2. The summed E-state index contributed by atoms with van der Waals surface area (Å²) in [5, 5.41) is 8.66. The maximum absolute atomic E-state index is 10.5. The van der Waals surface area contributed by atoms with E-state index in [0.29, 0.717) is 0 Å². The molecule has 56 valence electrons. The van der Waals surface area contributed by atoms with Gasteiger partial charge in [-0.1, -0.05) is 0 Å². The fourth-order valence-corrected chi connectivity index (χ4v) is 1.90. The maximum Gasteiger partial charge on any atom is 0.309 e. The van der Waals surface area contributed by atoms with Gasteiger partial charge in [-0.15, -0.1) is 0 Å². The quantitative estimate of drug-likeness (QED) is 0.584. The molecule has 3 nitrogen and oxygen atoms in total. The van der Waals surface area contributed by atoms with Crippen LogP contribution in [0.4, 0.5) is 0 Å². The van der Waals surface area contributed by atoms with Crippen LogP contribution in [-0.4, -0.2) is 23.3 Å². The number of ether oxygens (including phenoxy) is 1. The minimum Gasteiger partial charge on any atom is -0.481 e. The lowest BCUT2D eigenvalue weighted by Crippen LogP contribution is -2.24. The summed E-state index contributed by atoms with van der Waals surface area (Å²) in [6.07, 6.45) is 3.03. The summed E-state index contributed by atoms with van der Waals surface area (Å²) in [5.41, 5.74) is 0. The number of fused-ring (bicyclic) bond motifs is 2. The molecule has 0 aliphatic carbocycles. The predicted molar refractivity (Wildman–Crippen MR) is 33.6 cm³/mol. The summed E-state index contributed by atoms with van der Waals surface area (Å²) >= 11 is 0. The van der Waals surface area contributed by atoms with Crippen LogP contribution in [0.15, 0.2) is 0 Å². The molecule has 0 saturated carbocycles. The molecule has 2 bridgehead atoms. The van der Waals surface area contributed by atoms with Gasteiger partial charge in [0.1, 0.15) is 0 Å². The zero-order chi connectivity index (χ0) is 7.14. The van der Waals surface area contributed by atoms with Crippen molar-refractivity contribution in [2.45, 2.75) is 31.5 Å². The van der Waals surface area contributed by atoms with Crippen molar-refractivity contribution in [3.63, 3.8) is 0 Å². The topological polar surface area (TPSA) is 46.5 Å². The fraction of sp³-hybridized carbons (Fsp3) is 0.857. The second-order valence-electron chi connectivity index (χ2n) is 3.05. The summed E-state index contributed by atoms with van der Waals surface area (Å²) < 4.78 is 5.37. The molecule has 2 unspecified atom stereocenters. The lowest BCUT2D eigenvalue weighted by molar-refractivity contribution is -0.143. The largest absolute Gasteiger partial charge is 0.481 e. The monoisotopic (exact) mass is 142 g/mol. The Morgan fingerprint density at radius 3 is 2.60 bits per heavy atom. The highest BCUT2D eigenvalue weighted by atomic mass is 16.5. The number of carbonyl (C=O) groups is 1. The predicted octanol–water partition coefficient (Wildman–Crippen LogP) is 0.639. The molecule has 0 aromatic heterocycles. The van der Waals surface area contributed by atoms with E-state index in [4.69, 9.17) is 9.84 Å². The van der Waals surface area contributed by atoms with Crippen molar-refractivity contribution in [3.8, 4) is 0 Å². The molecule has 2 fully saturated rings. The van der Waals surface area contributed by atoms with E-state index in [2.05, 4.69) is 0 Å². The highest BCUT2D eigenvalue weighted by molar-refractivity contribution is 5.71. The van der Waals surface area contributed by atoms with Gasteiger partial charge in [-0.2, -0.15) is 0 Å². The first-order valence-corrected chi connectivity index (χ1v) is 3.65. The molecule has 2 aliphatic rings. The summed E-state index contributed by atoms with van der Waals surface area (Å²) in [4.78, 5) is 10.5. The molecule has 0 radical (unpaired) electrons. The summed E-state index contributed by atoms with van der Waals surface area (Å²) in [6.45, 7) is 0. The van der Waals surface area contributed by atoms with E-state index in [1.54, 1.807) is 0 Å². The average molecular weight is 142 g/mol. The van der Waals surface area contributed by atoms with Gasteiger partial charge >= 0.3 is 5.97 Å². The molecule has 1 N–H and O–H groups in total. The van der Waals surface area contributed by atoms with Gasteiger partial charge in [-0.25, -0.2) is 0 Å². The van der Waals surface area contributed by atoms with E-state index >= 15 is 0 Å². The number of carboxylic acid groups (broad SMARTS) is 1. The maximum atomic E-state index is 10.5. The van der Waals surface area contributed by atoms with E-state index in [9.17, 15) is 4.79 Å². The fourth-order valence-electron chi connectivity index (χ4n) is 1.90. The van der Waals surface area contributed by atoms with Gasteiger partial charge in [-0.05, 0) is 19.3 Å². The molecule has 0 aromatic carbocycles. The molecule has 0 amide bonds. The van der Waals surface area contributed by atoms with Crippen molar-refractivity contribution < 1.29 is 14.6 Å². The third-order valence-corrected chi connectivity index (χ3v) is 2.42. The molecule has 3 heteroatoms. The lowest BCUT2D eigenvalue weighted by Gasteiger charge is -2.12. The summed E-state index contributed by atoms with van der Waals surface area (Å²) in [5.74, 6) is -0.897. The Labute approximate surface area is 59.0 Å². The zero-order valence-corrected chi connectivity index (χ0v) is 5.62. The number of rotatable bonds is 1. The molecular formula is C7H10O3. The lowest BCUT2D eigenvalue weighted by atomic mass is 9.89. The van der Waals surface area contributed by atoms with Gasteiger partial charge in [0.25, 0.3) is 0 Å². The first kappa shape index (κ1) is 6.16. The second kappa shape index (κ2) is 1.95. The van der Waals surface area contributed by atoms with Crippen LogP contribution in [0.25, 0.3) is 0 Å². The van der Waals surface area contributed by atoms with Crippen LogP contribution in [0.1, 0.15) is 19.3 Å². The highest BCUT2D eigenvalue weighted by Crippen LogP contribution is 2.38. The third kappa shape index (κ3) is 0.736. The molecule has 2 heterocycles. The van der Waals surface area contributed by atoms with E-state index in [-0.39, 0.29) is 18.1 Å². The van der Waals surface area contributed by atoms with Crippen molar-refractivity contribution in [1.29, 1.82) is 0 Å². The van der Waals surface area contributed by atoms with Crippen molar-refractivity contribution in [2.75, 3.05) is 0 Å². The van der Waals surface area contributed by atoms with Crippen molar-refractivity contribution in [3.05, 3.63) is 0 Å². The van der Waals surface area contributed by atoms with Crippen molar-refractivity contribution >= 4 is 5.97 Å². The van der Waals surface area contributed by atoms with Gasteiger partial charge < -0.3 is 9.84 Å². The minimum absolute atomic E-state index is 0.0301. The van der Waals surface area contributed by atoms with Crippen LogP contribution in [0.5, 0.6) is 0 Å². The molecule has 2 aliphatic heterocycles. The van der Waals surface area contributed by atoms with Crippen LogP contribution < -0.4 is 0 Å². The standard InChI is InChI=1S/C7H10O3/c8-7(9)5-3-4-1-2-6(5)10-4/h4-6H,1-3H2,(H,8,9)/t4?,5-,6?/m1/s1. The van der Waals surface area contributed by atoms with E-state index in [0.717, 1.165) is 19.3 Å². The molecule has 0 aromatic rings. The molecular weight excluding hydrogens is 132 g/mol. The molecule has 10 heavy (non-hydrogen) atoms. The first-order valence-electron chi connectivity index (χ1n) is 3.65. The first-order chi connectivity index (χ1) is 4.77. The Morgan fingerprint density at radius 2 is 2.30 bits per heavy atom. The Bertz CT molecular complexity index is 166. The molecule has 2 saturated heterocycles. The highest BCUT2D eigenvalue weighted by Gasteiger charge is 2.44. The second-order valence-corrected chi connectivity index (χ2v) is 3.05. The summed E-state index contributed by atoms with van der Waals surface area (Å²) in [7, 11) is 0. The van der Waals surface area contributed by atoms with Gasteiger partial charge in [0.2, 0.25) is 0 Å². The van der Waals surface area contributed by atoms with E-state index < -0.39 is 5.97 Å². The minimum atomic E-state index is -0.688. The molecule has 3 atom stereocenters. The van der Waals surface area contributed by atoms with Crippen LogP contribution in [0.2, 0.25) is 0 Å². The van der Waals surface area contributed by atoms with Crippen LogP contribution in [-0.2, 0) is 9.53 Å². The average Bonchev–Trinajstić information content (AvgIpc) is 2.44. The number of hydrogen-bond acceptors (Lipinski definition) is 2. The van der Waals surface area contributed by atoms with Gasteiger partial charge in [0.05, 0.1) is 18.1 Å². The summed E-state index contributed by atoms with van der Waals surface area (Å²) in [6, 6.07) is 0. The Kier molecular flexibility index (Phi) is 1.20. The van der Waals surface area contributed by atoms with Crippen molar-refractivity contribution in [2.24, 2.45) is 5.92 Å².